The molecule has 0 aliphatic rings. The summed E-state index contributed by atoms with van der Waals surface area (Å²) in [6.07, 6.45) is 0. The molecule has 0 spiro atoms. The van der Waals surface area contributed by atoms with E-state index in [0.29, 0.717) is 5.69 Å². The summed E-state index contributed by atoms with van der Waals surface area (Å²) in [4.78, 5) is 17.9. The Balaban J connectivity index is 0. The van der Waals surface area contributed by atoms with Crippen LogP contribution in [0.4, 0.5) is 5.69 Å². The Labute approximate surface area is 102 Å². The summed E-state index contributed by atoms with van der Waals surface area (Å²) < 4.78 is 4.92. The van der Waals surface area contributed by atoms with Crippen LogP contribution in [0, 0.1) is 0 Å². The van der Waals surface area contributed by atoms with Crippen molar-refractivity contribution in [1.82, 2.24) is 0 Å². The van der Waals surface area contributed by atoms with Crippen LogP contribution in [0.3, 0.4) is 0 Å². The van der Waals surface area contributed by atoms with Crippen molar-refractivity contribution < 1.29 is 41.6 Å². The second kappa shape index (κ2) is 8.58. The third kappa shape index (κ3) is 6.69. The molecule has 1 rings (SSSR count). The topological polar surface area (TPSA) is 116 Å². The van der Waals surface area contributed by atoms with Crippen LogP contribution < -0.4 is 20.7 Å². The molecule has 16 heavy (non-hydrogen) atoms. The molecule has 2 N–H and O–H groups in total. The molecule has 0 fully saturated rings. The van der Waals surface area contributed by atoms with E-state index in [4.69, 9.17) is 30.3 Å². The molecule has 1 aromatic carbocycles. The fraction of sp³-hybridized carbons (Fsp3) is 0.111. The van der Waals surface area contributed by atoms with Crippen LogP contribution in [-0.4, -0.2) is 19.0 Å². The fourth-order valence-corrected chi connectivity index (χ4v) is 0.666. The monoisotopic (exact) mass is 267 g/mol. The van der Waals surface area contributed by atoms with Gasteiger partial charge in [0.15, 0.2) is 0 Å². The van der Waals surface area contributed by atoms with E-state index >= 15 is 0 Å². The van der Waals surface area contributed by atoms with Gasteiger partial charge in [0, 0.05) is 0 Å². The maximum absolute atomic E-state index is 8.93. The van der Waals surface area contributed by atoms with Crippen LogP contribution in [0.5, 0.6) is 5.75 Å². The van der Waals surface area contributed by atoms with Crippen LogP contribution in [0.25, 0.3) is 0 Å². The van der Waals surface area contributed by atoms with E-state index in [9.17, 15) is 0 Å². The predicted molar refractivity (Wildman–Crippen MR) is 47.4 cm³/mol. The van der Waals surface area contributed by atoms with Gasteiger partial charge in [-0.1, -0.05) is 12.1 Å². The van der Waals surface area contributed by atoms with Crippen molar-refractivity contribution in [2.75, 3.05) is 12.8 Å². The first-order valence-corrected chi connectivity index (χ1v) is 3.79. The van der Waals surface area contributed by atoms with Gasteiger partial charge in [0.2, 0.25) is 0 Å². The number of ether oxygens (including phenoxy) is 1. The van der Waals surface area contributed by atoms with Gasteiger partial charge in [-0.05, 0) is 12.1 Å². The normalized spacial score (nSPS) is 7.81. The van der Waals surface area contributed by atoms with Crippen molar-refractivity contribution in [3.8, 4) is 5.75 Å². The Bertz CT molecular complexity index is 344. The molecular weight excluding hydrogens is 258 g/mol. The second-order valence-corrected chi connectivity index (χ2v) is 2.32. The first-order valence-electron chi connectivity index (χ1n) is 3.79. The SMILES string of the molecule is COc1ccccc1N.O=C([O-])C(=O)[O-].[Fe+2]. The van der Waals surface area contributed by atoms with Crippen LogP contribution in [0.2, 0.25) is 0 Å². The Morgan fingerprint density at radius 2 is 1.62 bits per heavy atom. The number of benzene rings is 1. The smallest absolute Gasteiger partial charge is 0.543 e. The van der Waals surface area contributed by atoms with Crippen molar-refractivity contribution in [1.29, 1.82) is 0 Å². The maximum Gasteiger partial charge on any atom is 2.00 e. The number of methoxy groups -OCH3 is 1. The minimum Gasteiger partial charge on any atom is -0.543 e. The fourth-order valence-electron chi connectivity index (χ4n) is 0.666. The summed E-state index contributed by atoms with van der Waals surface area (Å²) >= 11 is 0. The maximum atomic E-state index is 8.93. The third-order valence-electron chi connectivity index (χ3n) is 1.31. The van der Waals surface area contributed by atoms with E-state index in [1.807, 2.05) is 18.2 Å². The van der Waals surface area contributed by atoms with Crippen molar-refractivity contribution in [3.05, 3.63) is 24.3 Å². The zero-order valence-corrected chi connectivity index (χ0v) is 9.39. The van der Waals surface area contributed by atoms with E-state index in [2.05, 4.69) is 0 Å². The number of anilines is 1. The average Bonchev–Trinajstić information content (AvgIpc) is 2.19. The number of carboxylic acids is 2. The van der Waals surface area contributed by atoms with Gasteiger partial charge in [0.1, 0.15) is 5.75 Å². The van der Waals surface area contributed by atoms with Gasteiger partial charge in [-0.2, -0.15) is 0 Å². The molecule has 0 aliphatic heterocycles. The van der Waals surface area contributed by atoms with Crippen LogP contribution in [-0.2, 0) is 26.7 Å². The number of nitrogens with two attached hydrogens (primary N) is 1. The van der Waals surface area contributed by atoms with E-state index in [0.717, 1.165) is 5.75 Å². The largest absolute Gasteiger partial charge is 2.00 e. The van der Waals surface area contributed by atoms with Crippen molar-refractivity contribution >= 4 is 17.6 Å². The quantitative estimate of drug-likeness (QED) is 0.349. The molecule has 0 unspecified atom stereocenters. The summed E-state index contributed by atoms with van der Waals surface area (Å²) in [6, 6.07) is 7.39. The van der Waals surface area contributed by atoms with E-state index < -0.39 is 11.9 Å². The number of aliphatic carboxylic acids is 2. The average molecular weight is 267 g/mol. The number of para-hydroxylation sites is 2. The molecule has 88 valence electrons. The molecule has 0 amide bonds. The number of carboxylic acid groups (broad SMARTS) is 2. The molecular formula is C9H9FeNO5. The third-order valence-corrected chi connectivity index (χ3v) is 1.31. The molecule has 0 aromatic heterocycles. The Morgan fingerprint density at radius 1 is 1.19 bits per heavy atom. The zero-order chi connectivity index (χ0) is 11.8. The number of carbonyl (C=O) groups is 2. The number of nitrogen functional groups attached to an aromatic ring is 1. The Kier molecular flexibility index (Phi) is 8.95. The van der Waals surface area contributed by atoms with Gasteiger partial charge in [-0.3, -0.25) is 0 Å². The zero-order valence-electron chi connectivity index (χ0n) is 8.28. The minimum absolute atomic E-state index is 0. The van der Waals surface area contributed by atoms with Gasteiger partial charge in [0.05, 0.1) is 24.7 Å². The molecule has 0 aliphatic carbocycles. The molecule has 0 bridgehead atoms. The van der Waals surface area contributed by atoms with E-state index in [1.54, 1.807) is 13.2 Å². The van der Waals surface area contributed by atoms with Gasteiger partial charge >= 0.3 is 17.1 Å². The molecule has 0 heterocycles. The summed E-state index contributed by atoms with van der Waals surface area (Å²) in [5, 5.41) is 17.9. The standard InChI is InChI=1S/C7H9NO.C2H2O4.Fe/c1-9-7-5-3-2-4-6(7)8;3-1(4)2(5)6;/h2-5H,8H2,1H3;(H,3,4)(H,5,6);/q;;+2/p-2. The minimum atomic E-state index is -2.19. The van der Waals surface area contributed by atoms with E-state index in [1.165, 1.54) is 0 Å². The molecule has 6 nitrogen and oxygen atoms in total. The second-order valence-electron chi connectivity index (χ2n) is 2.32. The van der Waals surface area contributed by atoms with Gasteiger partial charge in [0.25, 0.3) is 0 Å². The first kappa shape index (κ1) is 16.7. The number of carbonyl (C=O) groups excluding carboxylic acids is 2. The molecule has 0 radical (unpaired) electrons. The van der Waals surface area contributed by atoms with Crippen LogP contribution in [0.1, 0.15) is 0 Å². The predicted octanol–water partition coefficient (Wildman–Crippen LogP) is -2.24. The number of hydrogen-bond acceptors (Lipinski definition) is 6. The van der Waals surface area contributed by atoms with Crippen LogP contribution >= 0.6 is 0 Å². The Hall–Kier alpha value is -1.72. The summed E-state index contributed by atoms with van der Waals surface area (Å²) in [7, 11) is 1.60. The first-order chi connectivity index (χ1) is 6.99. The molecule has 1 aromatic rings. The van der Waals surface area contributed by atoms with Crippen molar-refractivity contribution in [3.63, 3.8) is 0 Å². The Morgan fingerprint density at radius 3 is 1.88 bits per heavy atom. The van der Waals surface area contributed by atoms with Crippen molar-refractivity contribution in [2.24, 2.45) is 0 Å². The van der Waals surface area contributed by atoms with Gasteiger partial charge in [-0.25, -0.2) is 0 Å². The summed E-state index contributed by atoms with van der Waals surface area (Å²) in [5.74, 6) is -3.64. The van der Waals surface area contributed by atoms with Crippen molar-refractivity contribution in [2.45, 2.75) is 0 Å². The van der Waals surface area contributed by atoms with E-state index in [-0.39, 0.29) is 17.1 Å². The van der Waals surface area contributed by atoms with Crippen LogP contribution in [0.15, 0.2) is 24.3 Å². The van der Waals surface area contributed by atoms with Gasteiger partial charge < -0.3 is 30.3 Å². The number of hydrogen-bond donors (Lipinski definition) is 1. The molecule has 0 saturated carbocycles. The summed E-state index contributed by atoms with van der Waals surface area (Å²) in [5.41, 5.74) is 6.19. The molecule has 0 saturated heterocycles. The number of rotatable bonds is 1. The molecule has 0 atom stereocenters. The molecule has 7 heteroatoms. The van der Waals surface area contributed by atoms with Gasteiger partial charge in [-0.15, -0.1) is 0 Å². The summed E-state index contributed by atoms with van der Waals surface area (Å²) in [6.45, 7) is 0.